The first kappa shape index (κ1) is 16.8. The maximum absolute atomic E-state index is 12.3. The molecule has 0 aliphatic carbocycles. The summed E-state index contributed by atoms with van der Waals surface area (Å²) in [6.07, 6.45) is 2.21. The molecule has 24 heavy (non-hydrogen) atoms. The standard InChI is InChI=1S/C18H24N2O4/c21-12-15-6-7-20(10-14-4-2-1-3-5-14)11-16(15)19-18(22)17-13-23-8-9-24-17/h1-5,13,15-16,21H,6-12H2,(H,19,22). The second kappa shape index (κ2) is 8.17. The van der Waals surface area contributed by atoms with Crippen LogP contribution in [-0.4, -0.2) is 54.9 Å². The summed E-state index contributed by atoms with van der Waals surface area (Å²) in [4.78, 5) is 14.6. The lowest BCUT2D eigenvalue weighted by molar-refractivity contribution is -0.124. The molecule has 0 saturated carbocycles. The van der Waals surface area contributed by atoms with Crippen LogP contribution in [0.25, 0.3) is 0 Å². The number of carbonyl (C=O) groups excluding carboxylic acids is 1. The number of benzene rings is 1. The Balaban J connectivity index is 1.60. The van der Waals surface area contributed by atoms with E-state index < -0.39 is 0 Å². The minimum absolute atomic E-state index is 0.0612. The third-order valence-corrected chi connectivity index (χ3v) is 4.51. The number of nitrogens with one attached hydrogen (secondary N) is 1. The molecule has 0 aromatic heterocycles. The number of carbonyl (C=O) groups is 1. The molecular weight excluding hydrogens is 308 g/mol. The van der Waals surface area contributed by atoms with Crippen molar-refractivity contribution in [3.05, 3.63) is 47.9 Å². The first-order chi connectivity index (χ1) is 11.8. The van der Waals surface area contributed by atoms with E-state index in [0.29, 0.717) is 19.8 Å². The fraction of sp³-hybridized carbons (Fsp3) is 0.500. The van der Waals surface area contributed by atoms with Gasteiger partial charge in [-0.2, -0.15) is 0 Å². The fourth-order valence-corrected chi connectivity index (χ4v) is 3.16. The highest BCUT2D eigenvalue weighted by Gasteiger charge is 2.31. The highest BCUT2D eigenvalue weighted by atomic mass is 16.6. The van der Waals surface area contributed by atoms with Crippen LogP contribution in [-0.2, 0) is 20.8 Å². The smallest absolute Gasteiger partial charge is 0.289 e. The zero-order valence-electron chi connectivity index (χ0n) is 13.7. The highest BCUT2D eigenvalue weighted by Crippen LogP contribution is 2.20. The molecule has 2 aliphatic rings. The first-order valence-corrected chi connectivity index (χ1v) is 8.39. The van der Waals surface area contributed by atoms with Gasteiger partial charge in [-0.25, -0.2) is 0 Å². The van der Waals surface area contributed by atoms with Gasteiger partial charge in [0.15, 0.2) is 0 Å². The van der Waals surface area contributed by atoms with Gasteiger partial charge < -0.3 is 19.9 Å². The van der Waals surface area contributed by atoms with E-state index in [0.717, 1.165) is 19.5 Å². The molecule has 1 aromatic rings. The lowest BCUT2D eigenvalue weighted by Gasteiger charge is -2.38. The Morgan fingerprint density at radius 2 is 2.12 bits per heavy atom. The molecule has 2 unspecified atom stereocenters. The van der Waals surface area contributed by atoms with Gasteiger partial charge in [0, 0.05) is 31.7 Å². The van der Waals surface area contributed by atoms with Crippen molar-refractivity contribution in [2.24, 2.45) is 5.92 Å². The number of hydrogen-bond acceptors (Lipinski definition) is 5. The van der Waals surface area contributed by atoms with Gasteiger partial charge in [-0.05, 0) is 18.5 Å². The summed E-state index contributed by atoms with van der Waals surface area (Å²) in [6.45, 7) is 3.38. The molecule has 1 saturated heterocycles. The normalized spacial score (nSPS) is 24.5. The van der Waals surface area contributed by atoms with Gasteiger partial charge >= 0.3 is 0 Å². The molecule has 3 rings (SSSR count). The molecule has 1 aromatic carbocycles. The molecule has 130 valence electrons. The second-order valence-corrected chi connectivity index (χ2v) is 6.23. The van der Waals surface area contributed by atoms with E-state index in [1.54, 1.807) is 0 Å². The van der Waals surface area contributed by atoms with Gasteiger partial charge in [-0.3, -0.25) is 9.69 Å². The van der Waals surface area contributed by atoms with Crippen molar-refractivity contribution in [2.45, 2.75) is 19.0 Å². The number of aliphatic hydroxyl groups is 1. The number of hydrogen-bond donors (Lipinski definition) is 2. The van der Waals surface area contributed by atoms with Gasteiger partial charge in [0.2, 0.25) is 5.76 Å². The average molecular weight is 332 g/mol. The lowest BCUT2D eigenvalue weighted by atomic mass is 9.92. The summed E-state index contributed by atoms with van der Waals surface area (Å²) in [5.74, 6) is -0.0103. The molecule has 2 N–H and O–H groups in total. The SMILES string of the molecule is O=C(NC1CN(Cc2ccccc2)CCC1CO)C1=COCCO1. The van der Waals surface area contributed by atoms with Gasteiger partial charge in [0.1, 0.15) is 19.5 Å². The number of amides is 1. The van der Waals surface area contributed by atoms with Gasteiger partial charge in [0.05, 0.1) is 0 Å². The molecule has 2 atom stereocenters. The summed E-state index contributed by atoms with van der Waals surface area (Å²) in [6, 6.07) is 10.2. The maximum Gasteiger partial charge on any atom is 0.289 e. The van der Waals surface area contributed by atoms with Crippen LogP contribution in [0.15, 0.2) is 42.4 Å². The highest BCUT2D eigenvalue weighted by molar-refractivity contribution is 5.91. The topological polar surface area (TPSA) is 71.0 Å². The van der Waals surface area contributed by atoms with Crippen molar-refractivity contribution in [1.82, 2.24) is 10.2 Å². The number of nitrogens with zero attached hydrogens (tertiary/aromatic N) is 1. The Morgan fingerprint density at radius 1 is 1.29 bits per heavy atom. The number of ether oxygens (including phenoxy) is 2. The molecule has 6 nitrogen and oxygen atoms in total. The van der Waals surface area contributed by atoms with E-state index in [1.165, 1.54) is 11.8 Å². The maximum atomic E-state index is 12.3. The Morgan fingerprint density at radius 3 is 2.83 bits per heavy atom. The average Bonchev–Trinajstić information content (AvgIpc) is 2.63. The zero-order valence-corrected chi connectivity index (χ0v) is 13.7. The largest absolute Gasteiger partial charge is 0.494 e. The van der Waals surface area contributed by atoms with Crippen LogP contribution in [0.3, 0.4) is 0 Å². The monoisotopic (exact) mass is 332 g/mol. The van der Waals surface area contributed by atoms with Gasteiger partial charge in [-0.1, -0.05) is 30.3 Å². The number of likely N-dealkylation sites (tertiary alicyclic amines) is 1. The second-order valence-electron chi connectivity index (χ2n) is 6.23. The van der Waals surface area contributed by atoms with E-state index in [2.05, 4.69) is 22.3 Å². The molecule has 2 heterocycles. The van der Waals surface area contributed by atoms with Crippen LogP contribution >= 0.6 is 0 Å². The molecule has 1 fully saturated rings. The van der Waals surface area contributed by atoms with E-state index in [-0.39, 0.29) is 30.2 Å². The van der Waals surface area contributed by atoms with Crippen molar-refractivity contribution in [3.8, 4) is 0 Å². The number of piperidine rings is 1. The van der Waals surface area contributed by atoms with Crippen molar-refractivity contribution in [3.63, 3.8) is 0 Å². The van der Waals surface area contributed by atoms with Gasteiger partial charge in [0.25, 0.3) is 5.91 Å². The summed E-state index contributed by atoms with van der Waals surface area (Å²) in [5, 5.41) is 12.6. The fourth-order valence-electron chi connectivity index (χ4n) is 3.16. The number of rotatable bonds is 5. The van der Waals surface area contributed by atoms with Gasteiger partial charge in [-0.15, -0.1) is 0 Å². The van der Waals surface area contributed by atoms with E-state index >= 15 is 0 Å². The van der Waals surface area contributed by atoms with Crippen molar-refractivity contribution in [1.29, 1.82) is 0 Å². The Bertz CT molecular complexity index is 576. The Labute approximate surface area is 142 Å². The molecule has 0 bridgehead atoms. The third kappa shape index (κ3) is 4.27. The summed E-state index contributed by atoms with van der Waals surface area (Å²) in [5.41, 5.74) is 1.25. The van der Waals surface area contributed by atoms with Crippen LogP contribution in [0.2, 0.25) is 0 Å². The summed E-state index contributed by atoms with van der Waals surface area (Å²) in [7, 11) is 0. The first-order valence-electron chi connectivity index (χ1n) is 8.39. The summed E-state index contributed by atoms with van der Waals surface area (Å²) >= 11 is 0. The number of aliphatic hydroxyl groups excluding tert-OH is 1. The summed E-state index contributed by atoms with van der Waals surface area (Å²) < 4.78 is 10.5. The Kier molecular flexibility index (Phi) is 5.72. The third-order valence-electron chi connectivity index (χ3n) is 4.51. The minimum Gasteiger partial charge on any atom is -0.494 e. The van der Waals surface area contributed by atoms with Crippen LogP contribution in [0.1, 0.15) is 12.0 Å². The Hall–Kier alpha value is -2.05. The lowest BCUT2D eigenvalue weighted by Crippen LogP contribution is -2.53. The molecular formula is C18H24N2O4. The van der Waals surface area contributed by atoms with Crippen molar-refractivity contribution in [2.75, 3.05) is 32.9 Å². The van der Waals surface area contributed by atoms with Crippen LogP contribution < -0.4 is 5.32 Å². The van der Waals surface area contributed by atoms with Crippen LogP contribution in [0.5, 0.6) is 0 Å². The minimum atomic E-state index is -0.278. The van der Waals surface area contributed by atoms with E-state index in [1.807, 2.05) is 18.2 Å². The van der Waals surface area contributed by atoms with Crippen molar-refractivity contribution < 1.29 is 19.4 Å². The molecule has 6 heteroatoms. The quantitative estimate of drug-likeness (QED) is 0.837. The van der Waals surface area contributed by atoms with E-state index in [9.17, 15) is 9.90 Å². The van der Waals surface area contributed by atoms with Crippen LogP contribution in [0.4, 0.5) is 0 Å². The molecule has 1 amide bonds. The molecule has 0 spiro atoms. The zero-order chi connectivity index (χ0) is 16.8. The van der Waals surface area contributed by atoms with Crippen LogP contribution in [0, 0.1) is 5.92 Å². The molecule has 0 radical (unpaired) electrons. The predicted octanol–water partition coefficient (Wildman–Crippen LogP) is 0.874. The molecule has 2 aliphatic heterocycles. The predicted molar refractivity (Wildman–Crippen MR) is 88.8 cm³/mol. The van der Waals surface area contributed by atoms with E-state index in [4.69, 9.17) is 9.47 Å². The van der Waals surface area contributed by atoms with Crippen molar-refractivity contribution >= 4 is 5.91 Å².